The van der Waals surface area contributed by atoms with Gasteiger partial charge >= 0.3 is 0 Å². The molecule has 134 valence electrons. The molecule has 1 N–H and O–H groups in total. The van der Waals surface area contributed by atoms with Crippen LogP contribution in [-0.4, -0.2) is 22.3 Å². The fourth-order valence-corrected chi connectivity index (χ4v) is 3.62. The molecule has 0 aliphatic rings. The quantitative estimate of drug-likeness (QED) is 0.621. The highest BCUT2D eigenvalue weighted by atomic mass is 79.9. The highest BCUT2D eigenvalue weighted by Gasteiger charge is 2.10. The molecule has 0 bridgehead atoms. The van der Waals surface area contributed by atoms with Crippen molar-refractivity contribution in [2.75, 3.05) is 6.61 Å². The zero-order chi connectivity index (χ0) is 18.4. The van der Waals surface area contributed by atoms with E-state index in [1.165, 1.54) is 16.8 Å². The number of carbonyl (C=O) groups is 1. The van der Waals surface area contributed by atoms with E-state index < -0.39 is 0 Å². The molecular formula is C18H16BrN3O3S. The van der Waals surface area contributed by atoms with Crippen LogP contribution in [0.25, 0.3) is 0 Å². The summed E-state index contributed by atoms with van der Waals surface area (Å²) in [7, 11) is 0. The van der Waals surface area contributed by atoms with Crippen molar-refractivity contribution in [3.8, 4) is 5.75 Å². The predicted molar refractivity (Wildman–Crippen MR) is 104 cm³/mol. The summed E-state index contributed by atoms with van der Waals surface area (Å²) in [5.74, 6) is 0.392. The van der Waals surface area contributed by atoms with Gasteiger partial charge in [-0.3, -0.25) is 9.59 Å². The van der Waals surface area contributed by atoms with Gasteiger partial charge in [-0.15, -0.1) is 11.3 Å². The van der Waals surface area contributed by atoms with Crippen LogP contribution in [0.2, 0.25) is 0 Å². The molecule has 8 heteroatoms. The number of para-hydroxylation sites is 1. The summed E-state index contributed by atoms with van der Waals surface area (Å²) < 4.78 is 7.81. The van der Waals surface area contributed by atoms with Crippen molar-refractivity contribution in [1.82, 2.24) is 15.1 Å². The minimum absolute atomic E-state index is 0.194. The van der Waals surface area contributed by atoms with E-state index in [0.29, 0.717) is 6.54 Å². The van der Waals surface area contributed by atoms with Gasteiger partial charge in [0.1, 0.15) is 18.1 Å². The maximum atomic E-state index is 12.3. The lowest BCUT2D eigenvalue weighted by Gasteiger charge is -2.09. The van der Waals surface area contributed by atoms with Crippen LogP contribution in [0.4, 0.5) is 0 Å². The third-order valence-electron chi connectivity index (χ3n) is 3.47. The number of halogens is 1. The first kappa shape index (κ1) is 18.3. The van der Waals surface area contributed by atoms with Gasteiger partial charge in [-0.1, -0.05) is 18.2 Å². The molecular weight excluding hydrogens is 418 g/mol. The molecule has 0 saturated heterocycles. The van der Waals surface area contributed by atoms with Gasteiger partial charge in [0.05, 0.1) is 16.9 Å². The van der Waals surface area contributed by atoms with Crippen LogP contribution in [0.1, 0.15) is 15.4 Å². The largest absolute Gasteiger partial charge is 0.492 e. The molecule has 0 aliphatic carbocycles. The number of nitrogens with one attached hydrogen (secondary N) is 1. The molecule has 0 fully saturated rings. The van der Waals surface area contributed by atoms with Crippen LogP contribution in [-0.2, 0) is 13.1 Å². The summed E-state index contributed by atoms with van der Waals surface area (Å²) in [6.45, 7) is 0.949. The molecule has 6 nitrogen and oxygen atoms in total. The lowest BCUT2D eigenvalue weighted by molar-refractivity contribution is 0.0943. The Hall–Kier alpha value is -2.45. The Morgan fingerprint density at radius 3 is 2.69 bits per heavy atom. The maximum Gasteiger partial charge on any atom is 0.272 e. The normalized spacial score (nSPS) is 10.5. The number of hydrogen-bond donors (Lipinski definition) is 1. The Bertz CT molecular complexity index is 940. The predicted octanol–water partition coefficient (Wildman–Crippen LogP) is 3.08. The van der Waals surface area contributed by atoms with Crippen molar-refractivity contribution in [2.24, 2.45) is 0 Å². The van der Waals surface area contributed by atoms with Crippen molar-refractivity contribution >= 4 is 33.2 Å². The van der Waals surface area contributed by atoms with Gasteiger partial charge in [-0.05, 0) is 46.3 Å². The summed E-state index contributed by atoms with van der Waals surface area (Å²) in [4.78, 5) is 25.2. The molecule has 0 atom stereocenters. The minimum Gasteiger partial charge on any atom is -0.492 e. The molecule has 3 rings (SSSR count). The molecule has 0 aliphatic heterocycles. The van der Waals surface area contributed by atoms with E-state index >= 15 is 0 Å². The molecule has 0 saturated carbocycles. The fourth-order valence-electron chi connectivity index (χ4n) is 2.20. The average molecular weight is 434 g/mol. The lowest BCUT2D eigenvalue weighted by Crippen LogP contribution is -2.30. The molecule has 3 aromatic rings. The molecule has 26 heavy (non-hydrogen) atoms. The van der Waals surface area contributed by atoms with Gasteiger partial charge in [0.2, 0.25) is 0 Å². The van der Waals surface area contributed by atoms with E-state index in [4.69, 9.17) is 4.74 Å². The van der Waals surface area contributed by atoms with Crippen LogP contribution in [0, 0.1) is 0 Å². The summed E-state index contributed by atoms with van der Waals surface area (Å²) in [6.07, 6.45) is 0. The number of benzene rings is 1. The van der Waals surface area contributed by atoms with E-state index in [0.717, 1.165) is 14.4 Å². The van der Waals surface area contributed by atoms with Crippen LogP contribution in [0.5, 0.6) is 5.75 Å². The number of ether oxygens (including phenoxy) is 1. The third kappa shape index (κ3) is 5.03. The first-order valence-corrected chi connectivity index (χ1v) is 9.51. The van der Waals surface area contributed by atoms with Gasteiger partial charge in [-0.25, -0.2) is 4.68 Å². The van der Waals surface area contributed by atoms with E-state index in [-0.39, 0.29) is 30.3 Å². The first-order chi connectivity index (χ1) is 12.6. The van der Waals surface area contributed by atoms with Crippen LogP contribution in [0.3, 0.4) is 0 Å². The van der Waals surface area contributed by atoms with Crippen molar-refractivity contribution in [1.29, 1.82) is 0 Å². The Morgan fingerprint density at radius 1 is 1.15 bits per heavy atom. The first-order valence-electron chi connectivity index (χ1n) is 7.90. The summed E-state index contributed by atoms with van der Waals surface area (Å²) in [6, 6.07) is 15.9. The van der Waals surface area contributed by atoms with Crippen molar-refractivity contribution in [3.05, 3.63) is 79.3 Å². The van der Waals surface area contributed by atoms with Crippen molar-refractivity contribution < 1.29 is 9.53 Å². The second kappa shape index (κ2) is 8.77. The number of hydrogen-bond acceptors (Lipinski definition) is 5. The van der Waals surface area contributed by atoms with Crippen LogP contribution >= 0.6 is 27.3 Å². The molecule has 0 radical (unpaired) electrons. The van der Waals surface area contributed by atoms with Gasteiger partial charge in [0, 0.05) is 10.9 Å². The smallest absolute Gasteiger partial charge is 0.272 e. The standard InChI is InChI=1S/C18H16BrN3O3S/c19-16-8-6-14(26-16)12-20-18(24)15-7-9-17(23)22(21-15)10-11-25-13-4-2-1-3-5-13/h1-9H,10-12H2,(H,20,24). The number of amides is 1. The number of nitrogens with zero attached hydrogens (tertiary/aromatic N) is 2. The number of thiophene rings is 1. The lowest BCUT2D eigenvalue weighted by atomic mass is 10.3. The van der Waals surface area contributed by atoms with Gasteiger partial charge < -0.3 is 10.1 Å². The monoisotopic (exact) mass is 433 g/mol. The third-order valence-corrected chi connectivity index (χ3v) is 5.09. The van der Waals surface area contributed by atoms with E-state index in [1.54, 1.807) is 11.3 Å². The highest BCUT2D eigenvalue weighted by molar-refractivity contribution is 9.11. The molecule has 1 aromatic carbocycles. The van der Waals surface area contributed by atoms with Crippen molar-refractivity contribution in [2.45, 2.75) is 13.1 Å². The van der Waals surface area contributed by atoms with Gasteiger partial charge in [0.15, 0.2) is 0 Å². The summed E-state index contributed by atoms with van der Waals surface area (Å²) in [5.41, 5.74) is -0.0830. The minimum atomic E-state index is -0.327. The summed E-state index contributed by atoms with van der Waals surface area (Å²) >= 11 is 4.94. The topological polar surface area (TPSA) is 73.2 Å². The SMILES string of the molecule is O=C(NCc1ccc(Br)s1)c1ccc(=O)n(CCOc2ccccc2)n1. The molecule has 0 spiro atoms. The Morgan fingerprint density at radius 2 is 1.96 bits per heavy atom. The Labute approximate surface area is 162 Å². The highest BCUT2D eigenvalue weighted by Crippen LogP contribution is 2.21. The van der Waals surface area contributed by atoms with Gasteiger partial charge in [-0.2, -0.15) is 5.10 Å². The van der Waals surface area contributed by atoms with Crippen LogP contribution in [0.15, 0.2) is 63.2 Å². The molecule has 2 heterocycles. The number of rotatable bonds is 7. The second-order valence-electron chi connectivity index (χ2n) is 5.33. The number of aromatic nitrogens is 2. The maximum absolute atomic E-state index is 12.3. The average Bonchev–Trinajstić information content (AvgIpc) is 3.07. The van der Waals surface area contributed by atoms with E-state index in [1.807, 2.05) is 42.5 Å². The Kier molecular flexibility index (Phi) is 6.19. The van der Waals surface area contributed by atoms with E-state index in [2.05, 4.69) is 26.3 Å². The zero-order valence-electron chi connectivity index (χ0n) is 13.7. The van der Waals surface area contributed by atoms with Crippen LogP contribution < -0.4 is 15.6 Å². The van der Waals surface area contributed by atoms with E-state index in [9.17, 15) is 9.59 Å². The molecule has 0 unspecified atom stereocenters. The van der Waals surface area contributed by atoms with Crippen molar-refractivity contribution in [3.63, 3.8) is 0 Å². The molecule has 2 aromatic heterocycles. The Balaban J connectivity index is 1.59. The number of carbonyl (C=O) groups excluding carboxylic acids is 1. The zero-order valence-corrected chi connectivity index (χ0v) is 16.1. The summed E-state index contributed by atoms with van der Waals surface area (Å²) in [5, 5.41) is 6.93. The second-order valence-corrected chi connectivity index (χ2v) is 7.88. The fraction of sp³-hybridized carbons (Fsp3) is 0.167. The van der Waals surface area contributed by atoms with Gasteiger partial charge in [0.25, 0.3) is 11.5 Å². The molecule has 1 amide bonds.